The fourth-order valence-corrected chi connectivity index (χ4v) is 2.29. The molecule has 0 fully saturated rings. The zero-order chi connectivity index (χ0) is 13.4. The Hall–Kier alpha value is -1.47. The maximum absolute atomic E-state index is 11.9. The predicted molar refractivity (Wildman–Crippen MR) is 75.7 cm³/mol. The van der Waals surface area contributed by atoms with Crippen molar-refractivity contribution in [2.75, 3.05) is 11.5 Å². The topological polar surface area (TPSA) is 52.9 Å². The van der Waals surface area contributed by atoms with Gasteiger partial charge in [0.2, 0.25) is 0 Å². The van der Waals surface area contributed by atoms with Crippen LogP contribution in [0.25, 0.3) is 0 Å². The molecular formula is C14H18N2OS. The molecule has 0 radical (unpaired) electrons. The van der Waals surface area contributed by atoms with Crippen LogP contribution in [0.4, 0.5) is 0 Å². The van der Waals surface area contributed by atoms with Crippen LogP contribution in [-0.2, 0) is 0 Å². The lowest BCUT2D eigenvalue weighted by Crippen LogP contribution is -2.32. The first-order valence-corrected chi connectivity index (χ1v) is 7.21. The van der Waals surface area contributed by atoms with Gasteiger partial charge in [-0.15, -0.1) is 0 Å². The Morgan fingerprint density at radius 3 is 2.67 bits per heavy atom. The molecule has 4 heteroatoms. The summed E-state index contributed by atoms with van der Waals surface area (Å²) in [7, 11) is 0. The SMILES string of the molecule is CCSCCC(C)NC(=O)c1ccc(C#N)cc1. The molecule has 0 aromatic heterocycles. The van der Waals surface area contributed by atoms with Crippen molar-refractivity contribution in [3.8, 4) is 6.07 Å². The normalized spacial score (nSPS) is 11.6. The summed E-state index contributed by atoms with van der Waals surface area (Å²) in [6, 6.07) is 8.89. The number of carbonyl (C=O) groups is 1. The third-order valence-electron chi connectivity index (χ3n) is 2.55. The summed E-state index contributed by atoms with van der Waals surface area (Å²) in [5.41, 5.74) is 1.17. The summed E-state index contributed by atoms with van der Waals surface area (Å²) in [6.45, 7) is 4.14. The number of nitrogens with one attached hydrogen (secondary N) is 1. The van der Waals surface area contributed by atoms with Gasteiger partial charge >= 0.3 is 0 Å². The Morgan fingerprint density at radius 2 is 2.11 bits per heavy atom. The van der Waals surface area contributed by atoms with Crippen LogP contribution < -0.4 is 5.32 Å². The predicted octanol–water partition coefficient (Wildman–Crippen LogP) is 2.82. The first kappa shape index (κ1) is 14.6. The highest BCUT2D eigenvalue weighted by Gasteiger charge is 2.09. The maximum Gasteiger partial charge on any atom is 0.251 e. The van der Waals surface area contributed by atoms with Crippen molar-refractivity contribution >= 4 is 17.7 Å². The molecule has 0 saturated heterocycles. The molecule has 0 aliphatic heterocycles. The van der Waals surface area contributed by atoms with Gasteiger partial charge in [0.1, 0.15) is 0 Å². The summed E-state index contributed by atoms with van der Waals surface area (Å²) >= 11 is 1.88. The monoisotopic (exact) mass is 262 g/mol. The molecule has 1 unspecified atom stereocenters. The van der Waals surface area contributed by atoms with Crippen molar-refractivity contribution in [2.45, 2.75) is 26.3 Å². The highest BCUT2D eigenvalue weighted by atomic mass is 32.2. The summed E-state index contributed by atoms with van der Waals surface area (Å²) in [5.74, 6) is 2.09. The maximum atomic E-state index is 11.9. The van der Waals surface area contributed by atoms with Crippen molar-refractivity contribution in [2.24, 2.45) is 0 Å². The molecule has 0 heterocycles. The van der Waals surface area contributed by atoms with Crippen LogP contribution in [-0.4, -0.2) is 23.5 Å². The number of hydrogen-bond donors (Lipinski definition) is 1. The number of rotatable bonds is 6. The largest absolute Gasteiger partial charge is 0.350 e. The van der Waals surface area contributed by atoms with Gasteiger partial charge in [0, 0.05) is 11.6 Å². The van der Waals surface area contributed by atoms with Crippen LogP contribution in [0.3, 0.4) is 0 Å². The standard InChI is InChI=1S/C14H18N2OS/c1-3-18-9-8-11(2)16-14(17)13-6-4-12(10-15)5-7-13/h4-7,11H,3,8-9H2,1-2H3,(H,16,17). The first-order chi connectivity index (χ1) is 8.67. The smallest absolute Gasteiger partial charge is 0.251 e. The van der Waals surface area contributed by atoms with E-state index >= 15 is 0 Å². The minimum atomic E-state index is -0.0755. The van der Waals surface area contributed by atoms with Gasteiger partial charge in [-0.05, 0) is 49.1 Å². The molecule has 1 atom stereocenters. The highest BCUT2D eigenvalue weighted by molar-refractivity contribution is 7.99. The average Bonchev–Trinajstić information content (AvgIpc) is 2.39. The van der Waals surface area contributed by atoms with Crippen LogP contribution in [0.5, 0.6) is 0 Å². The molecule has 1 aromatic rings. The van der Waals surface area contributed by atoms with E-state index in [-0.39, 0.29) is 11.9 Å². The van der Waals surface area contributed by atoms with Crippen molar-refractivity contribution in [1.82, 2.24) is 5.32 Å². The molecule has 3 nitrogen and oxygen atoms in total. The van der Waals surface area contributed by atoms with Gasteiger partial charge < -0.3 is 5.32 Å². The Balaban J connectivity index is 2.46. The second-order valence-corrected chi connectivity index (χ2v) is 5.44. The number of nitrogens with zero attached hydrogens (tertiary/aromatic N) is 1. The quantitative estimate of drug-likeness (QED) is 0.802. The van der Waals surface area contributed by atoms with Gasteiger partial charge in [-0.25, -0.2) is 0 Å². The number of nitriles is 1. The third-order valence-corrected chi connectivity index (χ3v) is 3.49. The highest BCUT2D eigenvalue weighted by Crippen LogP contribution is 2.06. The average molecular weight is 262 g/mol. The first-order valence-electron chi connectivity index (χ1n) is 6.06. The molecule has 1 rings (SSSR count). The second-order valence-electron chi connectivity index (χ2n) is 4.05. The lowest BCUT2D eigenvalue weighted by Gasteiger charge is -2.13. The summed E-state index contributed by atoms with van der Waals surface area (Å²) in [6.07, 6.45) is 0.973. The molecule has 1 amide bonds. The van der Waals surface area contributed by atoms with E-state index in [1.807, 2.05) is 24.8 Å². The molecule has 0 spiro atoms. The van der Waals surface area contributed by atoms with Crippen molar-refractivity contribution in [3.63, 3.8) is 0 Å². The van der Waals surface area contributed by atoms with Gasteiger partial charge in [-0.2, -0.15) is 17.0 Å². The molecule has 1 N–H and O–H groups in total. The summed E-state index contributed by atoms with van der Waals surface area (Å²) in [4.78, 5) is 11.9. The molecule has 1 aromatic carbocycles. The van der Waals surface area contributed by atoms with Crippen molar-refractivity contribution < 1.29 is 4.79 Å². The number of carbonyl (C=O) groups excluding carboxylic acids is 1. The van der Waals surface area contributed by atoms with Gasteiger partial charge in [-0.3, -0.25) is 4.79 Å². The van der Waals surface area contributed by atoms with Crippen LogP contribution in [0.1, 0.15) is 36.2 Å². The second kappa shape index (κ2) is 7.78. The van der Waals surface area contributed by atoms with E-state index in [4.69, 9.17) is 5.26 Å². The van der Waals surface area contributed by atoms with Gasteiger partial charge in [0.25, 0.3) is 5.91 Å². The molecule has 18 heavy (non-hydrogen) atoms. The van der Waals surface area contributed by atoms with E-state index in [0.29, 0.717) is 11.1 Å². The minimum Gasteiger partial charge on any atom is -0.350 e. The van der Waals surface area contributed by atoms with Gasteiger partial charge in [0.05, 0.1) is 11.6 Å². The van der Waals surface area contributed by atoms with Gasteiger partial charge in [0.15, 0.2) is 0 Å². The minimum absolute atomic E-state index is 0.0755. The Kier molecular flexibility index (Phi) is 6.31. The van der Waals surface area contributed by atoms with E-state index in [0.717, 1.165) is 17.9 Å². The molecule has 0 saturated carbocycles. The van der Waals surface area contributed by atoms with Crippen LogP contribution in [0.2, 0.25) is 0 Å². The Morgan fingerprint density at radius 1 is 1.44 bits per heavy atom. The Labute approximate surface area is 113 Å². The zero-order valence-corrected chi connectivity index (χ0v) is 11.6. The molecular weight excluding hydrogens is 244 g/mol. The summed E-state index contributed by atoms with van der Waals surface area (Å²) < 4.78 is 0. The molecule has 96 valence electrons. The summed E-state index contributed by atoms with van der Waals surface area (Å²) in [5, 5.41) is 11.6. The number of thioether (sulfide) groups is 1. The third kappa shape index (κ3) is 4.80. The number of benzene rings is 1. The zero-order valence-electron chi connectivity index (χ0n) is 10.8. The van der Waals surface area contributed by atoms with Gasteiger partial charge in [-0.1, -0.05) is 6.92 Å². The number of hydrogen-bond acceptors (Lipinski definition) is 3. The van der Waals surface area contributed by atoms with E-state index in [1.165, 1.54) is 0 Å². The van der Waals surface area contributed by atoms with E-state index < -0.39 is 0 Å². The van der Waals surface area contributed by atoms with Crippen molar-refractivity contribution in [1.29, 1.82) is 5.26 Å². The number of amides is 1. The van der Waals surface area contributed by atoms with E-state index in [9.17, 15) is 4.79 Å². The van der Waals surface area contributed by atoms with Crippen LogP contribution in [0.15, 0.2) is 24.3 Å². The molecule has 0 aliphatic rings. The lowest BCUT2D eigenvalue weighted by molar-refractivity contribution is 0.0939. The van der Waals surface area contributed by atoms with Crippen molar-refractivity contribution in [3.05, 3.63) is 35.4 Å². The molecule has 0 aliphatic carbocycles. The lowest BCUT2D eigenvalue weighted by atomic mass is 10.1. The van der Waals surface area contributed by atoms with E-state index in [1.54, 1.807) is 24.3 Å². The van der Waals surface area contributed by atoms with Crippen LogP contribution >= 0.6 is 11.8 Å². The van der Waals surface area contributed by atoms with E-state index in [2.05, 4.69) is 12.2 Å². The van der Waals surface area contributed by atoms with Crippen LogP contribution in [0, 0.1) is 11.3 Å². The molecule has 0 bridgehead atoms. The fraction of sp³-hybridized carbons (Fsp3) is 0.429. The fourth-order valence-electron chi connectivity index (χ4n) is 1.48. The Bertz CT molecular complexity index is 422.